The molecule has 19 heavy (non-hydrogen) atoms. The zero-order chi connectivity index (χ0) is 14.3. The molecule has 0 unspecified atom stereocenters. The van der Waals surface area contributed by atoms with Gasteiger partial charge in [-0.2, -0.15) is 0 Å². The fourth-order valence-electron chi connectivity index (χ4n) is 1.92. The molecule has 2 rings (SSSR count). The predicted molar refractivity (Wildman–Crippen MR) is 77.1 cm³/mol. The molecular formula is C11H11BrCl2FNO2S. The standard InChI is InChI=1S/C11H11BrCl2FNO2S/c12-6-11(4-1-5-11)16-19(17,18)8-3-2-7(13)10(15)9(8)14/h2-3,16H,1,4-6H2. The molecule has 1 saturated carbocycles. The number of nitrogens with one attached hydrogen (secondary N) is 1. The van der Waals surface area contributed by atoms with E-state index < -0.39 is 26.4 Å². The average Bonchev–Trinajstić information content (AvgIpc) is 2.30. The summed E-state index contributed by atoms with van der Waals surface area (Å²) in [4.78, 5) is -0.289. The second-order valence-corrected chi connectivity index (χ2v) is 7.54. The van der Waals surface area contributed by atoms with E-state index in [2.05, 4.69) is 20.7 Å². The molecule has 0 spiro atoms. The number of benzene rings is 1. The summed E-state index contributed by atoms with van der Waals surface area (Å²) in [5.41, 5.74) is -0.502. The van der Waals surface area contributed by atoms with E-state index in [1.165, 1.54) is 12.1 Å². The smallest absolute Gasteiger partial charge is 0.207 e. The lowest BCUT2D eigenvalue weighted by Crippen LogP contribution is -2.54. The molecule has 0 heterocycles. The van der Waals surface area contributed by atoms with Crippen LogP contribution in [0.15, 0.2) is 17.0 Å². The van der Waals surface area contributed by atoms with E-state index in [1.807, 2.05) is 0 Å². The van der Waals surface area contributed by atoms with Crippen molar-refractivity contribution in [2.45, 2.75) is 29.7 Å². The summed E-state index contributed by atoms with van der Waals surface area (Å²) in [7, 11) is -3.87. The lowest BCUT2D eigenvalue weighted by atomic mass is 9.80. The molecule has 1 aromatic rings. The van der Waals surface area contributed by atoms with Gasteiger partial charge in [0.2, 0.25) is 10.0 Å². The van der Waals surface area contributed by atoms with Crippen LogP contribution in [0.2, 0.25) is 10.0 Å². The Morgan fingerprint density at radius 3 is 2.47 bits per heavy atom. The Hall–Kier alpha value is 0.120. The number of hydrogen-bond donors (Lipinski definition) is 1. The van der Waals surface area contributed by atoms with Gasteiger partial charge in [-0.15, -0.1) is 0 Å². The highest BCUT2D eigenvalue weighted by Crippen LogP contribution is 2.36. The number of alkyl halides is 1. The van der Waals surface area contributed by atoms with Crippen molar-refractivity contribution in [3.8, 4) is 0 Å². The van der Waals surface area contributed by atoms with Crippen molar-refractivity contribution in [3.05, 3.63) is 28.0 Å². The maximum atomic E-state index is 13.6. The van der Waals surface area contributed by atoms with Crippen LogP contribution in [0.1, 0.15) is 19.3 Å². The van der Waals surface area contributed by atoms with Gasteiger partial charge in [0.15, 0.2) is 5.82 Å². The van der Waals surface area contributed by atoms with Gasteiger partial charge in [-0.3, -0.25) is 0 Å². The molecule has 0 amide bonds. The molecule has 1 fully saturated rings. The van der Waals surface area contributed by atoms with Crippen molar-refractivity contribution < 1.29 is 12.8 Å². The van der Waals surface area contributed by atoms with E-state index >= 15 is 0 Å². The molecule has 8 heteroatoms. The molecule has 1 N–H and O–H groups in total. The third kappa shape index (κ3) is 2.93. The molecule has 3 nitrogen and oxygen atoms in total. The summed E-state index contributed by atoms with van der Waals surface area (Å²) in [5, 5.41) is -0.181. The second-order valence-electron chi connectivity index (χ2n) is 4.55. The average molecular weight is 391 g/mol. The van der Waals surface area contributed by atoms with Crippen LogP contribution in [0.3, 0.4) is 0 Å². The van der Waals surface area contributed by atoms with Gasteiger partial charge < -0.3 is 0 Å². The summed E-state index contributed by atoms with van der Waals surface area (Å²) in [6, 6.07) is 2.38. The summed E-state index contributed by atoms with van der Waals surface area (Å²) >= 11 is 14.6. The summed E-state index contributed by atoms with van der Waals surface area (Å²) < 4.78 is 40.7. The minimum atomic E-state index is -3.87. The molecule has 1 aromatic carbocycles. The lowest BCUT2D eigenvalue weighted by molar-refractivity contribution is 0.256. The van der Waals surface area contributed by atoms with Crippen molar-refractivity contribution in [3.63, 3.8) is 0 Å². The highest BCUT2D eigenvalue weighted by atomic mass is 79.9. The zero-order valence-corrected chi connectivity index (χ0v) is 13.6. The zero-order valence-electron chi connectivity index (χ0n) is 9.72. The highest BCUT2D eigenvalue weighted by molar-refractivity contribution is 9.09. The van der Waals surface area contributed by atoms with Crippen LogP contribution in [0.4, 0.5) is 4.39 Å². The van der Waals surface area contributed by atoms with Crippen LogP contribution in [0.5, 0.6) is 0 Å². The third-order valence-electron chi connectivity index (χ3n) is 3.21. The summed E-state index contributed by atoms with van der Waals surface area (Å²) in [5.74, 6) is -0.923. The maximum absolute atomic E-state index is 13.6. The maximum Gasteiger partial charge on any atom is 0.242 e. The SMILES string of the molecule is O=S(=O)(NC1(CBr)CCC1)c1ccc(Cl)c(F)c1Cl. The van der Waals surface area contributed by atoms with Gasteiger partial charge in [0, 0.05) is 10.9 Å². The first-order chi connectivity index (χ1) is 8.81. The number of rotatable bonds is 4. The first-order valence-electron chi connectivity index (χ1n) is 5.55. The molecule has 0 bridgehead atoms. The van der Waals surface area contributed by atoms with Gasteiger partial charge >= 0.3 is 0 Å². The Morgan fingerprint density at radius 2 is 2.00 bits per heavy atom. The molecular weight excluding hydrogens is 380 g/mol. The lowest BCUT2D eigenvalue weighted by Gasteiger charge is -2.40. The highest BCUT2D eigenvalue weighted by Gasteiger charge is 2.40. The molecule has 1 aliphatic rings. The predicted octanol–water partition coefficient (Wildman–Crippen LogP) is 3.73. The summed E-state index contributed by atoms with van der Waals surface area (Å²) in [6.07, 6.45) is 2.44. The molecule has 1 aliphatic carbocycles. The number of hydrogen-bond acceptors (Lipinski definition) is 2. The fraction of sp³-hybridized carbons (Fsp3) is 0.455. The Labute approximate surface area is 129 Å². The van der Waals surface area contributed by atoms with Gasteiger partial charge in [-0.05, 0) is 31.4 Å². The van der Waals surface area contributed by atoms with Gasteiger partial charge in [-0.1, -0.05) is 39.1 Å². The summed E-state index contributed by atoms with van der Waals surface area (Å²) in [6.45, 7) is 0. The minimum absolute atomic E-state index is 0.206. The van der Waals surface area contributed by atoms with E-state index in [9.17, 15) is 12.8 Å². The van der Waals surface area contributed by atoms with E-state index in [1.54, 1.807) is 0 Å². The molecule has 0 atom stereocenters. The third-order valence-corrected chi connectivity index (χ3v) is 6.67. The Bertz CT molecular complexity index is 599. The first-order valence-corrected chi connectivity index (χ1v) is 8.91. The van der Waals surface area contributed by atoms with Crippen LogP contribution in [0, 0.1) is 5.82 Å². The Kier molecular flexibility index (Phi) is 4.48. The molecule has 0 saturated heterocycles. The minimum Gasteiger partial charge on any atom is -0.207 e. The van der Waals surface area contributed by atoms with Crippen molar-refractivity contribution in [1.29, 1.82) is 0 Å². The van der Waals surface area contributed by atoms with E-state index in [0.717, 1.165) is 19.3 Å². The molecule has 0 radical (unpaired) electrons. The van der Waals surface area contributed by atoms with Gasteiger partial charge in [0.25, 0.3) is 0 Å². The van der Waals surface area contributed by atoms with Crippen molar-refractivity contribution in [2.75, 3.05) is 5.33 Å². The first kappa shape index (κ1) is 15.5. The largest absolute Gasteiger partial charge is 0.242 e. The van der Waals surface area contributed by atoms with Crippen LogP contribution in [0.25, 0.3) is 0 Å². The molecule has 106 valence electrons. The van der Waals surface area contributed by atoms with Crippen LogP contribution in [-0.2, 0) is 10.0 Å². The van der Waals surface area contributed by atoms with Crippen molar-refractivity contribution in [2.24, 2.45) is 0 Å². The topological polar surface area (TPSA) is 46.2 Å². The van der Waals surface area contributed by atoms with Crippen LogP contribution < -0.4 is 4.72 Å². The van der Waals surface area contributed by atoms with Gasteiger partial charge in [-0.25, -0.2) is 17.5 Å². The number of halogens is 4. The van der Waals surface area contributed by atoms with Gasteiger partial charge in [0.1, 0.15) is 4.90 Å². The molecule has 0 aromatic heterocycles. The Morgan fingerprint density at radius 1 is 1.37 bits per heavy atom. The quantitative estimate of drug-likeness (QED) is 0.628. The monoisotopic (exact) mass is 389 g/mol. The fourth-order valence-corrected chi connectivity index (χ4v) is 5.01. The van der Waals surface area contributed by atoms with Crippen molar-refractivity contribution in [1.82, 2.24) is 4.72 Å². The van der Waals surface area contributed by atoms with Crippen LogP contribution in [-0.4, -0.2) is 19.3 Å². The Balaban J connectivity index is 2.38. The number of sulfonamides is 1. The normalized spacial score (nSPS) is 18.1. The second kappa shape index (κ2) is 5.48. The van der Waals surface area contributed by atoms with Crippen molar-refractivity contribution >= 4 is 49.2 Å². The van der Waals surface area contributed by atoms with E-state index in [0.29, 0.717) is 5.33 Å². The van der Waals surface area contributed by atoms with E-state index in [4.69, 9.17) is 23.2 Å². The van der Waals surface area contributed by atoms with E-state index in [-0.39, 0.29) is 9.92 Å². The van der Waals surface area contributed by atoms with Gasteiger partial charge in [0.05, 0.1) is 10.0 Å². The van der Waals surface area contributed by atoms with Crippen LogP contribution >= 0.6 is 39.1 Å². The molecule has 0 aliphatic heterocycles.